The number of nitrogens with zero attached hydrogens (tertiary/aromatic N) is 1. The van der Waals surface area contributed by atoms with E-state index in [2.05, 4.69) is 15.9 Å². The first-order chi connectivity index (χ1) is 9.37. The summed E-state index contributed by atoms with van der Waals surface area (Å²) in [7, 11) is 1.81. The molecule has 0 heterocycles. The maximum atomic E-state index is 11.7. The van der Waals surface area contributed by atoms with Crippen LogP contribution in [0.2, 0.25) is 0 Å². The maximum absolute atomic E-state index is 11.7. The van der Waals surface area contributed by atoms with Crippen molar-refractivity contribution in [3.63, 3.8) is 0 Å². The van der Waals surface area contributed by atoms with Gasteiger partial charge in [0.05, 0.1) is 0 Å². The topological polar surface area (TPSA) is 29.5 Å². The molecule has 3 nitrogen and oxygen atoms in total. The Morgan fingerprint density at radius 2 is 1.40 bits per heavy atom. The Morgan fingerprint density at radius 3 is 1.85 bits per heavy atom. The van der Waals surface area contributed by atoms with Crippen molar-refractivity contribution in [2.75, 3.05) is 18.9 Å². The van der Waals surface area contributed by atoms with Crippen molar-refractivity contribution in [1.82, 2.24) is 4.90 Å². The highest BCUT2D eigenvalue weighted by atomic mass is 79.9. The molecule has 1 amide bonds. The average molecular weight is 350 g/mol. The highest BCUT2D eigenvalue weighted by Gasteiger charge is 2.18. The smallest absolute Gasteiger partial charge is 0.410 e. The van der Waals surface area contributed by atoms with Gasteiger partial charge in [-0.2, -0.15) is 0 Å². The van der Waals surface area contributed by atoms with E-state index >= 15 is 0 Å². The van der Waals surface area contributed by atoms with Crippen molar-refractivity contribution in [2.45, 2.75) is 77.7 Å². The number of ether oxygens (including phenoxy) is 1. The summed E-state index contributed by atoms with van der Waals surface area (Å²) in [5.41, 5.74) is -0.402. The Morgan fingerprint density at radius 1 is 0.950 bits per heavy atom. The number of halogens is 1. The predicted octanol–water partition coefficient (Wildman–Crippen LogP) is 5.37. The third-order valence-corrected chi connectivity index (χ3v) is 3.64. The molecule has 120 valence electrons. The van der Waals surface area contributed by atoms with Crippen LogP contribution in [-0.4, -0.2) is 35.5 Å². The molecule has 0 bridgehead atoms. The summed E-state index contributed by atoms with van der Waals surface area (Å²) in [6.07, 6.45) is 9.97. The lowest BCUT2D eigenvalue weighted by Crippen LogP contribution is -2.34. The molecule has 0 saturated heterocycles. The summed E-state index contributed by atoms with van der Waals surface area (Å²) >= 11 is 3.45. The van der Waals surface area contributed by atoms with Gasteiger partial charge < -0.3 is 9.64 Å². The van der Waals surface area contributed by atoms with Gasteiger partial charge in [0.1, 0.15) is 5.60 Å². The monoisotopic (exact) mass is 349 g/mol. The number of hydrogen-bond acceptors (Lipinski definition) is 2. The number of carbonyl (C=O) groups is 1. The quantitative estimate of drug-likeness (QED) is 0.392. The molecule has 20 heavy (non-hydrogen) atoms. The molecule has 0 aromatic carbocycles. The number of alkyl halides is 1. The highest BCUT2D eigenvalue weighted by molar-refractivity contribution is 9.09. The summed E-state index contributed by atoms with van der Waals surface area (Å²) in [5.74, 6) is 0. The van der Waals surface area contributed by atoms with Crippen molar-refractivity contribution in [2.24, 2.45) is 0 Å². The van der Waals surface area contributed by atoms with Crippen molar-refractivity contribution < 1.29 is 9.53 Å². The van der Waals surface area contributed by atoms with Gasteiger partial charge in [0.15, 0.2) is 0 Å². The lowest BCUT2D eigenvalue weighted by molar-refractivity contribution is 0.0296. The van der Waals surface area contributed by atoms with Gasteiger partial charge in [-0.15, -0.1) is 0 Å². The Labute approximate surface area is 133 Å². The first kappa shape index (κ1) is 19.8. The van der Waals surface area contributed by atoms with Crippen molar-refractivity contribution in [3.05, 3.63) is 0 Å². The third kappa shape index (κ3) is 12.8. The zero-order valence-electron chi connectivity index (χ0n) is 13.7. The highest BCUT2D eigenvalue weighted by Crippen LogP contribution is 2.11. The van der Waals surface area contributed by atoms with E-state index in [1.807, 2.05) is 27.8 Å². The fraction of sp³-hybridized carbons (Fsp3) is 0.938. The first-order valence-electron chi connectivity index (χ1n) is 7.87. The van der Waals surface area contributed by atoms with Crippen LogP contribution in [0.1, 0.15) is 72.1 Å². The summed E-state index contributed by atoms with van der Waals surface area (Å²) in [6, 6.07) is 0. The average Bonchev–Trinajstić information content (AvgIpc) is 2.34. The van der Waals surface area contributed by atoms with Gasteiger partial charge in [-0.3, -0.25) is 0 Å². The van der Waals surface area contributed by atoms with Crippen LogP contribution in [0.5, 0.6) is 0 Å². The van der Waals surface area contributed by atoms with Crippen LogP contribution in [0.25, 0.3) is 0 Å². The van der Waals surface area contributed by atoms with Crippen LogP contribution in [0, 0.1) is 0 Å². The zero-order valence-corrected chi connectivity index (χ0v) is 15.3. The fourth-order valence-corrected chi connectivity index (χ4v) is 2.33. The molecule has 0 spiro atoms. The van der Waals surface area contributed by atoms with E-state index < -0.39 is 5.60 Å². The molecule has 0 atom stereocenters. The van der Waals surface area contributed by atoms with Crippen molar-refractivity contribution in [1.29, 1.82) is 0 Å². The van der Waals surface area contributed by atoms with Crippen LogP contribution in [0.3, 0.4) is 0 Å². The Bertz CT molecular complexity index is 251. The van der Waals surface area contributed by atoms with E-state index in [1.54, 1.807) is 4.90 Å². The van der Waals surface area contributed by atoms with E-state index in [0.717, 1.165) is 18.3 Å². The van der Waals surface area contributed by atoms with Gasteiger partial charge in [-0.1, -0.05) is 54.5 Å². The summed E-state index contributed by atoms with van der Waals surface area (Å²) < 4.78 is 5.32. The minimum Gasteiger partial charge on any atom is -0.444 e. The summed E-state index contributed by atoms with van der Waals surface area (Å²) in [6.45, 7) is 6.48. The molecule has 0 rings (SSSR count). The van der Waals surface area contributed by atoms with E-state index in [-0.39, 0.29) is 6.09 Å². The second kappa shape index (κ2) is 11.4. The van der Waals surface area contributed by atoms with Gasteiger partial charge in [0, 0.05) is 18.9 Å². The second-order valence-electron chi connectivity index (χ2n) is 6.42. The first-order valence-corrected chi connectivity index (χ1v) is 8.99. The predicted molar refractivity (Wildman–Crippen MR) is 89.6 cm³/mol. The minimum absolute atomic E-state index is 0.215. The molecule has 0 aromatic heterocycles. The van der Waals surface area contributed by atoms with Gasteiger partial charge in [-0.25, -0.2) is 4.79 Å². The number of rotatable bonds is 10. The van der Waals surface area contributed by atoms with Crippen LogP contribution >= 0.6 is 15.9 Å². The summed E-state index contributed by atoms with van der Waals surface area (Å²) in [4.78, 5) is 13.4. The van der Waals surface area contributed by atoms with E-state index in [1.165, 1.54) is 44.9 Å². The molecular formula is C16H32BrNO2. The molecule has 0 aliphatic rings. The standard InChI is InChI=1S/C16H32BrNO2/c1-16(2,3)20-15(19)18(4)14-12-10-8-6-5-7-9-11-13-17/h5-14H2,1-4H3. The molecule has 0 aliphatic heterocycles. The lowest BCUT2D eigenvalue weighted by atomic mass is 10.1. The van der Waals surface area contributed by atoms with Crippen molar-refractivity contribution >= 4 is 22.0 Å². The molecule has 4 heteroatoms. The maximum Gasteiger partial charge on any atom is 0.410 e. The normalized spacial score (nSPS) is 11.4. The van der Waals surface area contributed by atoms with Gasteiger partial charge in [0.2, 0.25) is 0 Å². The number of unbranched alkanes of at least 4 members (excludes halogenated alkanes) is 7. The van der Waals surface area contributed by atoms with Crippen molar-refractivity contribution in [3.8, 4) is 0 Å². The Kier molecular flexibility index (Phi) is 11.3. The largest absolute Gasteiger partial charge is 0.444 e. The summed E-state index contributed by atoms with van der Waals surface area (Å²) in [5, 5.41) is 1.13. The molecule has 0 aromatic rings. The van der Waals surface area contributed by atoms with Gasteiger partial charge in [-0.05, 0) is 33.6 Å². The van der Waals surface area contributed by atoms with Gasteiger partial charge >= 0.3 is 6.09 Å². The van der Waals surface area contributed by atoms with Crippen LogP contribution in [0.15, 0.2) is 0 Å². The lowest BCUT2D eigenvalue weighted by Gasteiger charge is -2.24. The van der Waals surface area contributed by atoms with Crippen LogP contribution in [0.4, 0.5) is 4.79 Å². The third-order valence-electron chi connectivity index (χ3n) is 3.08. The zero-order chi connectivity index (χ0) is 15.4. The van der Waals surface area contributed by atoms with Gasteiger partial charge in [0.25, 0.3) is 0 Å². The fourth-order valence-electron chi connectivity index (χ4n) is 1.94. The molecule has 0 N–H and O–H groups in total. The van der Waals surface area contributed by atoms with E-state index in [4.69, 9.17) is 4.74 Å². The molecule has 0 saturated carbocycles. The Balaban J connectivity index is 3.44. The second-order valence-corrected chi connectivity index (χ2v) is 7.21. The number of carbonyl (C=O) groups excluding carboxylic acids is 1. The molecule has 0 unspecified atom stereocenters. The SMILES string of the molecule is CN(CCCCCCCCCCBr)C(=O)OC(C)(C)C. The van der Waals surface area contributed by atoms with Crippen LogP contribution in [-0.2, 0) is 4.74 Å². The minimum atomic E-state index is -0.402. The molecule has 0 fully saturated rings. The van der Waals surface area contributed by atoms with E-state index in [9.17, 15) is 4.79 Å². The molecule has 0 radical (unpaired) electrons. The molecular weight excluding hydrogens is 318 g/mol. The number of hydrogen-bond donors (Lipinski definition) is 0. The molecule has 0 aliphatic carbocycles. The van der Waals surface area contributed by atoms with Crippen LogP contribution < -0.4 is 0 Å². The number of amides is 1. The Hall–Kier alpha value is -0.250. The van der Waals surface area contributed by atoms with E-state index in [0.29, 0.717) is 0 Å².